The highest BCUT2D eigenvalue weighted by Crippen LogP contribution is 2.38. The van der Waals surface area contributed by atoms with Gasteiger partial charge in [0.05, 0.1) is 27.9 Å². The second-order valence-electron chi connectivity index (χ2n) is 8.48. The van der Waals surface area contributed by atoms with Crippen LogP contribution >= 0.6 is 0 Å². The van der Waals surface area contributed by atoms with Gasteiger partial charge in [-0.1, -0.05) is 18.2 Å². The van der Waals surface area contributed by atoms with Gasteiger partial charge in [0.1, 0.15) is 17.2 Å². The van der Waals surface area contributed by atoms with Crippen molar-refractivity contribution in [2.45, 2.75) is 19.4 Å². The zero-order chi connectivity index (χ0) is 23.8. The summed E-state index contributed by atoms with van der Waals surface area (Å²) in [4.78, 5) is 16.7. The Bertz CT molecular complexity index is 897. The van der Waals surface area contributed by atoms with Gasteiger partial charge in [-0.25, -0.2) is 0 Å². The molecule has 0 spiro atoms. The number of para-hydroxylation sites is 1. The number of ether oxygens (including phenoxy) is 4. The quantitative estimate of drug-likeness (QED) is 0.516. The number of nitrogens with zero attached hydrogens (tertiary/aromatic N) is 2. The van der Waals surface area contributed by atoms with Gasteiger partial charge in [0.15, 0.2) is 0 Å². The zero-order valence-electron chi connectivity index (χ0n) is 20.4. The lowest BCUT2D eigenvalue weighted by molar-refractivity contribution is -0.130. The van der Waals surface area contributed by atoms with Gasteiger partial charge >= 0.3 is 0 Å². The molecule has 2 aromatic rings. The lowest BCUT2D eigenvalue weighted by atomic mass is 9.88. The minimum absolute atomic E-state index is 0.0711. The summed E-state index contributed by atoms with van der Waals surface area (Å²) in [6, 6.07) is 14.2. The van der Waals surface area contributed by atoms with Gasteiger partial charge in [-0.05, 0) is 35.2 Å². The second kappa shape index (κ2) is 11.9. The van der Waals surface area contributed by atoms with Crippen LogP contribution in [0.5, 0.6) is 17.2 Å². The lowest BCUT2D eigenvalue weighted by Gasteiger charge is -2.28. The minimum atomic E-state index is 0.0711. The number of amides is 1. The summed E-state index contributed by atoms with van der Waals surface area (Å²) in [5, 5.41) is 0. The summed E-state index contributed by atoms with van der Waals surface area (Å²) in [6.07, 6.45) is 0. The van der Waals surface area contributed by atoms with Crippen LogP contribution < -0.4 is 14.2 Å². The molecule has 180 valence electrons. The first kappa shape index (κ1) is 24.9. The minimum Gasteiger partial charge on any atom is -0.497 e. The van der Waals surface area contributed by atoms with Crippen LogP contribution in [-0.2, 0) is 16.1 Å². The molecule has 7 nitrogen and oxygen atoms in total. The molecule has 0 aromatic heterocycles. The van der Waals surface area contributed by atoms with Crippen molar-refractivity contribution in [3.63, 3.8) is 0 Å². The number of hydrogen-bond donors (Lipinski definition) is 0. The summed E-state index contributed by atoms with van der Waals surface area (Å²) in [5.74, 6) is 3.05. The van der Waals surface area contributed by atoms with Crippen molar-refractivity contribution in [2.24, 2.45) is 5.92 Å². The number of benzene rings is 2. The van der Waals surface area contributed by atoms with E-state index in [4.69, 9.17) is 18.9 Å². The average molecular weight is 457 g/mol. The maximum atomic E-state index is 12.3. The van der Waals surface area contributed by atoms with Gasteiger partial charge < -0.3 is 23.8 Å². The molecule has 0 radical (unpaired) electrons. The van der Waals surface area contributed by atoms with Crippen molar-refractivity contribution in [1.29, 1.82) is 0 Å². The predicted molar refractivity (Wildman–Crippen MR) is 128 cm³/mol. The van der Waals surface area contributed by atoms with E-state index in [1.807, 2.05) is 23.1 Å². The van der Waals surface area contributed by atoms with Crippen LogP contribution in [-0.4, -0.2) is 76.9 Å². The number of carbonyl (C=O) groups excluding carboxylic acids is 1. The average Bonchev–Trinajstić information content (AvgIpc) is 3.22. The van der Waals surface area contributed by atoms with Gasteiger partial charge in [-0.15, -0.1) is 0 Å². The molecule has 3 rings (SSSR count). The molecule has 2 atom stereocenters. The third-order valence-corrected chi connectivity index (χ3v) is 6.34. The first-order valence-corrected chi connectivity index (χ1v) is 11.3. The third-order valence-electron chi connectivity index (χ3n) is 6.34. The number of carbonyl (C=O) groups is 1. The molecule has 2 unspecified atom stereocenters. The number of methoxy groups -OCH3 is 4. The van der Waals surface area contributed by atoms with Gasteiger partial charge in [0.25, 0.3) is 0 Å². The Morgan fingerprint density at radius 1 is 1.00 bits per heavy atom. The number of likely N-dealkylation sites (tertiary alicyclic amines) is 1. The summed E-state index contributed by atoms with van der Waals surface area (Å²) in [6.45, 7) is 5.95. The van der Waals surface area contributed by atoms with Crippen molar-refractivity contribution in [1.82, 2.24) is 9.80 Å². The third kappa shape index (κ3) is 6.39. The Morgan fingerprint density at radius 3 is 2.30 bits per heavy atom. The topological polar surface area (TPSA) is 60.5 Å². The Kier molecular flexibility index (Phi) is 8.97. The maximum absolute atomic E-state index is 12.3. The van der Waals surface area contributed by atoms with Gasteiger partial charge in [0, 0.05) is 58.7 Å². The fourth-order valence-corrected chi connectivity index (χ4v) is 4.68. The Labute approximate surface area is 197 Å². The molecule has 0 bridgehead atoms. The molecule has 0 saturated carbocycles. The molecule has 0 aliphatic carbocycles. The van der Waals surface area contributed by atoms with Crippen molar-refractivity contribution in [3.8, 4) is 17.2 Å². The monoisotopic (exact) mass is 456 g/mol. The van der Waals surface area contributed by atoms with Crippen LogP contribution in [0.2, 0.25) is 0 Å². The lowest BCUT2D eigenvalue weighted by Crippen LogP contribution is -2.38. The first-order valence-electron chi connectivity index (χ1n) is 11.3. The number of rotatable bonds is 11. The molecule has 0 N–H and O–H groups in total. The number of hydrogen-bond acceptors (Lipinski definition) is 6. The van der Waals surface area contributed by atoms with Crippen molar-refractivity contribution < 1.29 is 23.7 Å². The highest BCUT2D eigenvalue weighted by Gasteiger charge is 2.36. The fourth-order valence-electron chi connectivity index (χ4n) is 4.68. The smallest absolute Gasteiger partial charge is 0.219 e. The fraction of sp³-hybridized carbons (Fsp3) is 0.500. The van der Waals surface area contributed by atoms with Gasteiger partial charge in [-0.2, -0.15) is 0 Å². The van der Waals surface area contributed by atoms with Crippen LogP contribution in [0.15, 0.2) is 42.5 Å². The molecule has 33 heavy (non-hydrogen) atoms. The zero-order valence-corrected chi connectivity index (χ0v) is 20.4. The van der Waals surface area contributed by atoms with Crippen LogP contribution in [0.3, 0.4) is 0 Å². The highest BCUT2D eigenvalue weighted by atomic mass is 16.5. The van der Waals surface area contributed by atoms with Crippen molar-refractivity contribution in [2.75, 3.05) is 61.2 Å². The molecule has 1 heterocycles. The first-order chi connectivity index (χ1) is 16.0. The molecular formula is C26H36N2O5. The van der Waals surface area contributed by atoms with E-state index in [9.17, 15) is 4.79 Å². The predicted octanol–water partition coefficient (Wildman–Crippen LogP) is 3.42. The summed E-state index contributed by atoms with van der Waals surface area (Å²) < 4.78 is 21.8. The van der Waals surface area contributed by atoms with Crippen LogP contribution in [0.25, 0.3) is 0 Å². The van der Waals surface area contributed by atoms with E-state index in [1.165, 1.54) is 5.56 Å². The van der Waals surface area contributed by atoms with Crippen LogP contribution in [0.4, 0.5) is 0 Å². The Morgan fingerprint density at radius 2 is 1.70 bits per heavy atom. The molecule has 1 saturated heterocycles. The molecule has 7 heteroatoms. The molecule has 1 fully saturated rings. The van der Waals surface area contributed by atoms with Crippen molar-refractivity contribution in [3.05, 3.63) is 53.6 Å². The molecular weight excluding hydrogens is 420 g/mol. The Balaban J connectivity index is 1.85. The molecule has 1 aliphatic heterocycles. The molecule has 1 amide bonds. The van der Waals surface area contributed by atoms with E-state index >= 15 is 0 Å². The summed E-state index contributed by atoms with van der Waals surface area (Å²) in [5.41, 5.74) is 2.32. The van der Waals surface area contributed by atoms with Crippen LogP contribution in [0.1, 0.15) is 24.0 Å². The SMILES string of the molecule is COCCN(CC1CN(Cc2cc(OC)cc(OC)c2)CC1c1ccccc1OC)C(C)=O. The molecule has 1 aliphatic rings. The van der Waals surface area contributed by atoms with E-state index in [-0.39, 0.29) is 17.7 Å². The van der Waals surface area contributed by atoms with Gasteiger partial charge in [-0.3, -0.25) is 9.69 Å². The van der Waals surface area contributed by atoms with E-state index in [1.54, 1.807) is 35.4 Å². The summed E-state index contributed by atoms with van der Waals surface area (Å²) in [7, 11) is 6.70. The Hall–Kier alpha value is -2.77. The van der Waals surface area contributed by atoms with E-state index < -0.39 is 0 Å². The maximum Gasteiger partial charge on any atom is 0.219 e. The molecule has 2 aromatic carbocycles. The second-order valence-corrected chi connectivity index (χ2v) is 8.48. The van der Waals surface area contributed by atoms with E-state index in [2.05, 4.69) is 29.2 Å². The largest absolute Gasteiger partial charge is 0.497 e. The van der Waals surface area contributed by atoms with E-state index in [0.717, 1.165) is 42.4 Å². The highest BCUT2D eigenvalue weighted by molar-refractivity contribution is 5.73. The van der Waals surface area contributed by atoms with Gasteiger partial charge in [0.2, 0.25) is 5.91 Å². The standard InChI is InChI=1S/C26H36N2O5/c1-19(29)28(10-11-30-2)17-21-16-27(15-20-12-22(31-3)14-23(13-20)32-4)18-25(21)24-8-6-7-9-26(24)33-5/h6-9,12-14,21,25H,10-11,15-18H2,1-5H3. The summed E-state index contributed by atoms with van der Waals surface area (Å²) >= 11 is 0. The van der Waals surface area contributed by atoms with Crippen LogP contribution in [0, 0.1) is 5.92 Å². The van der Waals surface area contributed by atoms with E-state index in [0.29, 0.717) is 19.7 Å². The van der Waals surface area contributed by atoms with Crippen molar-refractivity contribution >= 4 is 5.91 Å². The normalized spacial score (nSPS) is 18.2.